The largest absolute Gasteiger partial charge is 0.342 e. The van der Waals surface area contributed by atoms with Gasteiger partial charge in [0.1, 0.15) is 18.5 Å². The van der Waals surface area contributed by atoms with Gasteiger partial charge in [-0.3, -0.25) is 4.79 Å². The van der Waals surface area contributed by atoms with Crippen LogP contribution in [0.3, 0.4) is 0 Å². The molecule has 1 unspecified atom stereocenters. The zero-order valence-electron chi connectivity index (χ0n) is 15.4. The molecule has 7 nitrogen and oxygen atoms in total. The van der Waals surface area contributed by atoms with Crippen molar-refractivity contribution in [2.24, 2.45) is 0 Å². The first-order valence-electron chi connectivity index (χ1n) is 9.01. The van der Waals surface area contributed by atoms with Crippen molar-refractivity contribution >= 4 is 5.91 Å². The van der Waals surface area contributed by atoms with E-state index in [1.54, 1.807) is 17.2 Å². The summed E-state index contributed by atoms with van der Waals surface area (Å²) in [6.45, 7) is 2.53. The van der Waals surface area contributed by atoms with Gasteiger partial charge in [0.15, 0.2) is 0 Å². The fourth-order valence-electron chi connectivity index (χ4n) is 2.93. The number of H-pyrrole nitrogens is 1. The van der Waals surface area contributed by atoms with Crippen molar-refractivity contribution in [1.29, 1.82) is 0 Å². The third-order valence-electron chi connectivity index (χ3n) is 4.47. The van der Waals surface area contributed by atoms with Crippen molar-refractivity contribution in [3.05, 3.63) is 90.4 Å². The molecule has 2 N–H and O–H groups in total. The first-order valence-corrected chi connectivity index (χ1v) is 9.01. The Bertz CT molecular complexity index is 1040. The van der Waals surface area contributed by atoms with Gasteiger partial charge < -0.3 is 10.3 Å². The molecule has 1 atom stereocenters. The van der Waals surface area contributed by atoms with Crippen molar-refractivity contribution in [2.75, 3.05) is 0 Å². The first kappa shape index (κ1) is 17.7. The molecule has 7 heteroatoms. The number of hydrogen-bond acceptors (Lipinski definition) is 4. The number of carbonyl (C=O) groups is 1. The summed E-state index contributed by atoms with van der Waals surface area (Å²) in [5, 5.41) is 7.06. The minimum absolute atomic E-state index is 0.141. The highest BCUT2D eigenvalue weighted by atomic mass is 16.1. The van der Waals surface area contributed by atoms with Crippen LogP contribution in [0.4, 0.5) is 0 Å². The third-order valence-corrected chi connectivity index (χ3v) is 4.47. The molecule has 28 heavy (non-hydrogen) atoms. The number of benzene rings is 2. The van der Waals surface area contributed by atoms with Crippen molar-refractivity contribution in [3.63, 3.8) is 0 Å². The Kier molecular flexibility index (Phi) is 4.97. The highest BCUT2D eigenvalue weighted by molar-refractivity contribution is 5.94. The molecule has 0 spiro atoms. The fourth-order valence-corrected chi connectivity index (χ4v) is 2.93. The summed E-state index contributed by atoms with van der Waals surface area (Å²) >= 11 is 0. The van der Waals surface area contributed by atoms with E-state index in [0.29, 0.717) is 12.1 Å². The molecule has 0 bridgehead atoms. The van der Waals surface area contributed by atoms with Crippen molar-refractivity contribution in [2.45, 2.75) is 19.5 Å². The van der Waals surface area contributed by atoms with Crippen LogP contribution in [0.5, 0.6) is 0 Å². The number of amides is 1. The summed E-state index contributed by atoms with van der Waals surface area (Å²) in [6, 6.07) is 17.2. The second-order valence-corrected chi connectivity index (χ2v) is 6.53. The molecule has 1 amide bonds. The van der Waals surface area contributed by atoms with Gasteiger partial charge in [0, 0.05) is 5.56 Å². The normalized spacial score (nSPS) is 11.9. The monoisotopic (exact) mass is 372 g/mol. The van der Waals surface area contributed by atoms with Crippen LogP contribution in [0.2, 0.25) is 0 Å². The van der Waals surface area contributed by atoms with Gasteiger partial charge in [0.05, 0.1) is 24.5 Å². The number of nitrogens with one attached hydrogen (secondary N) is 2. The molecule has 4 aromatic rings. The number of hydrogen-bond donors (Lipinski definition) is 2. The molecule has 0 aliphatic carbocycles. The zero-order chi connectivity index (χ0) is 19.3. The lowest BCUT2D eigenvalue weighted by Gasteiger charge is -2.12. The Morgan fingerprint density at radius 1 is 1.14 bits per heavy atom. The maximum Gasteiger partial charge on any atom is 0.251 e. The second kappa shape index (κ2) is 7.87. The topological polar surface area (TPSA) is 88.5 Å². The van der Waals surface area contributed by atoms with Crippen LogP contribution in [0.25, 0.3) is 11.3 Å². The SMILES string of the molecule is CC(NC(=O)c1ccc(Cn2cncn2)cc1)c1ncc(-c2ccccc2)[nH]1. The number of aromatic amines is 1. The summed E-state index contributed by atoms with van der Waals surface area (Å²) < 4.78 is 1.73. The number of carbonyl (C=O) groups excluding carboxylic acids is 1. The zero-order valence-corrected chi connectivity index (χ0v) is 15.4. The van der Waals surface area contributed by atoms with Crippen molar-refractivity contribution < 1.29 is 4.79 Å². The number of imidazole rings is 1. The van der Waals surface area contributed by atoms with Crippen LogP contribution < -0.4 is 5.32 Å². The molecule has 2 heterocycles. The lowest BCUT2D eigenvalue weighted by atomic mass is 10.1. The first-order chi connectivity index (χ1) is 13.7. The summed E-state index contributed by atoms with van der Waals surface area (Å²) in [7, 11) is 0. The van der Waals surface area contributed by atoms with Crippen molar-refractivity contribution in [3.8, 4) is 11.3 Å². The summed E-state index contributed by atoms with van der Waals surface area (Å²) in [5.74, 6) is 0.576. The molecule has 4 rings (SSSR count). The van der Waals surface area contributed by atoms with Gasteiger partial charge in [-0.15, -0.1) is 0 Å². The highest BCUT2D eigenvalue weighted by Gasteiger charge is 2.14. The van der Waals surface area contributed by atoms with Crippen LogP contribution in [-0.2, 0) is 6.54 Å². The van der Waals surface area contributed by atoms with E-state index in [4.69, 9.17) is 0 Å². The van der Waals surface area contributed by atoms with Crippen LogP contribution in [-0.4, -0.2) is 30.6 Å². The second-order valence-electron chi connectivity index (χ2n) is 6.53. The molecule has 0 radical (unpaired) electrons. The van der Waals surface area contributed by atoms with E-state index in [1.807, 2.05) is 61.5 Å². The van der Waals surface area contributed by atoms with Gasteiger partial charge >= 0.3 is 0 Å². The minimum atomic E-state index is -0.236. The molecule has 0 fully saturated rings. The lowest BCUT2D eigenvalue weighted by Crippen LogP contribution is -2.27. The van der Waals surface area contributed by atoms with Crippen LogP contribution in [0.1, 0.15) is 34.7 Å². The van der Waals surface area contributed by atoms with E-state index >= 15 is 0 Å². The van der Waals surface area contributed by atoms with Gasteiger partial charge in [0.25, 0.3) is 5.91 Å². The Balaban J connectivity index is 1.40. The Labute approximate surface area is 162 Å². The molecule has 2 aromatic heterocycles. The average molecular weight is 372 g/mol. The van der Waals surface area contributed by atoms with Gasteiger partial charge in [0.2, 0.25) is 0 Å². The lowest BCUT2D eigenvalue weighted by molar-refractivity contribution is 0.0938. The standard InChI is InChI=1S/C21H20N6O/c1-15(20-23-11-19(26-20)17-5-3-2-4-6-17)25-21(28)18-9-7-16(8-10-18)12-27-14-22-13-24-27/h2-11,13-15H,12H2,1H3,(H,23,26)(H,25,28). The van der Waals surface area contributed by atoms with E-state index in [-0.39, 0.29) is 11.9 Å². The van der Waals surface area contributed by atoms with E-state index in [9.17, 15) is 4.79 Å². The average Bonchev–Trinajstić information content (AvgIpc) is 3.41. The molecule has 0 aliphatic rings. The van der Waals surface area contributed by atoms with E-state index in [2.05, 4.69) is 25.4 Å². The number of nitrogens with zero attached hydrogens (tertiary/aromatic N) is 4. The number of rotatable bonds is 6. The van der Waals surface area contributed by atoms with E-state index in [0.717, 1.165) is 22.6 Å². The fraction of sp³-hybridized carbons (Fsp3) is 0.143. The molecule has 0 saturated heterocycles. The van der Waals surface area contributed by atoms with Gasteiger partial charge in [-0.25, -0.2) is 14.6 Å². The predicted molar refractivity (Wildman–Crippen MR) is 105 cm³/mol. The van der Waals surface area contributed by atoms with Gasteiger partial charge in [-0.1, -0.05) is 42.5 Å². The van der Waals surface area contributed by atoms with Crippen LogP contribution >= 0.6 is 0 Å². The maximum atomic E-state index is 12.6. The van der Waals surface area contributed by atoms with Crippen LogP contribution in [0, 0.1) is 0 Å². The molecular weight excluding hydrogens is 352 g/mol. The quantitative estimate of drug-likeness (QED) is 0.544. The third kappa shape index (κ3) is 3.98. The molecule has 0 aliphatic heterocycles. The molecule has 140 valence electrons. The molecule has 2 aromatic carbocycles. The summed E-state index contributed by atoms with van der Waals surface area (Å²) in [5.41, 5.74) is 3.63. The predicted octanol–water partition coefficient (Wildman–Crippen LogP) is 3.21. The Hall–Kier alpha value is -3.74. The Morgan fingerprint density at radius 2 is 1.93 bits per heavy atom. The van der Waals surface area contributed by atoms with E-state index < -0.39 is 0 Å². The minimum Gasteiger partial charge on any atom is -0.342 e. The van der Waals surface area contributed by atoms with Gasteiger partial charge in [-0.05, 0) is 30.2 Å². The van der Waals surface area contributed by atoms with Crippen molar-refractivity contribution in [1.82, 2.24) is 30.0 Å². The van der Waals surface area contributed by atoms with E-state index in [1.165, 1.54) is 6.33 Å². The Morgan fingerprint density at radius 3 is 2.64 bits per heavy atom. The summed E-state index contributed by atoms with van der Waals surface area (Å²) in [4.78, 5) is 24.2. The van der Waals surface area contributed by atoms with Crippen LogP contribution in [0.15, 0.2) is 73.4 Å². The molecule has 0 saturated carbocycles. The van der Waals surface area contributed by atoms with Gasteiger partial charge in [-0.2, -0.15) is 5.10 Å². The number of aromatic nitrogens is 5. The summed E-state index contributed by atoms with van der Waals surface area (Å²) in [6.07, 6.45) is 4.95. The smallest absolute Gasteiger partial charge is 0.251 e. The highest BCUT2D eigenvalue weighted by Crippen LogP contribution is 2.19. The molecular formula is C21H20N6O. The maximum absolute atomic E-state index is 12.6.